The molecule has 0 saturated carbocycles. The molecule has 1 aromatic heterocycles. The molecular formula is C18H26N4O2. The van der Waals surface area contributed by atoms with Crippen LogP contribution >= 0.6 is 0 Å². The van der Waals surface area contributed by atoms with Crippen LogP contribution in [0.5, 0.6) is 0 Å². The summed E-state index contributed by atoms with van der Waals surface area (Å²) < 4.78 is 2.08. The van der Waals surface area contributed by atoms with Crippen molar-refractivity contribution in [1.82, 2.24) is 20.2 Å². The SMILES string of the molecule is CC(NC(=O)C(C)(C)C)C(=O)NCCCn1cnc2ccccc21. The van der Waals surface area contributed by atoms with E-state index in [0.717, 1.165) is 24.0 Å². The van der Waals surface area contributed by atoms with E-state index < -0.39 is 11.5 Å². The first-order valence-electron chi connectivity index (χ1n) is 8.27. The molecular weight excluding hydrogens is 304 g/mol. The van der Waals surface area contributed by atoms with Crippen molar-refractivity contribution in [2.24, 2.45) is 5.41 Å². The summed E-state index contributed by atoms with van der Waals surface area (Å²) in [4.78, 5) is 28.3. The van der Waals surface area contributed by atoms with Gasteiger partial charge in [-0.2, -0.15) is 0 Å². The number of carbonyl (C=O) groups is 2. The minimum Gasteiger partial charge on any atom is -0.354 e. The van der Waals surface area contributed by atoms with Crippen LogP contribution in [0, 0.1) is 5.41 Å². The van der Waals surface area contributed by atoms with Crippen LogP contribution in [0.15, 0.2) is 30.6 Å². The second kappa shape index (κ2) is 7.47. The van der Waals surface area contributed by atoms with E-state index in [1.807, 2.05) is 51.4 Å². The molecule has 2 aromatic rings. The van der Waals surface area contributed by atoms with Crippen LogP contribution in [0.3, 0.4) is 0 Å². The van der Waals surface area contributed by atoms with Crippen LogP contribution in [-0.4, -0.2) is 34.0 Å². The minimum atomic E-state index is -0.536. The molecule has 0 bridgehead atoms. The van der Waals surface area contributed by atoms with E-state index >= 15 is 0 Å². The lowest BCUT2D eigenvalue weighted by atomic mass is 9.95. The number of imidazole rings is 1. The zero-order valence-electron chi connectivity index (χ0n) is 14.8. The Balaban J connectivity index is 1.75. The molecule has 6 heteroatoms. The first-order chi connectivity index (χ1) is 11.3. The standard InChI is InChI=1S/C18H26N4O2/c1-13(21-17(24)18(2,3)4)16(23)19-10-7-11-22-12-20-14-8-5-6-9-15(14)22/h5-6,8-9,12-13H,7,10-11H2,1-4H3,(H,19,23)(H,21,24). The maximum absolute atomic E-state index is 12.0. The van der Waals surface area contributed by atoms with Gasteiger partial charge in [0.2, 0.25) is 11.8 Å². The maximum atomic E-state index is 12.0. The first-order valence-corrected chi connectivity index (χ1v) is 8.27. The Morgan fingerprint density at radius 3 is 2.67 bits per heavy atom. The van der Waals surface area contributed by atoms with E-state index in [4.69, 9.17) is 0 Å². The van der Waals surface area contributed by atoms with Gasteiger partial charge in [0, 0.05) is 18.5 Å². The summed E-state index contributed by atoms with van der Waals surface area (Å²) in [6, 6.07) is 7.43. The highest BCUT2D eigenvalue weighted by Gasteiger charge is 2.24. The van der Waals surface area contributed by atoms with Crippen molar-refractivity contribution in [2.75, 3.05) is 6.54 Å². The number of nitrogens with zero attached hydrogens (tertiary/aromatic N) is 2. The molecule has 0 aliphatic rings. The van der Waals surface area contributed by atoms with Gasteiger partial charge in [0.15, 0.2) is 0 Å². The number of para-hydroxylation sites is 2. The molecule has 2 N–H and O–H groups in total. The summed E-state index contributed by atoms with van der Waals surface area (Å²) in [5, 5.41) is 5.59. The topological polar surface area (TPSA) is 76.0 Å². The highest BCUT2D eigenvalue weighted by Crippen LogP contribution is 2.13. The molecule has 24 heavy (non-hydrogen) atoms. The lowest BCUT2D eigenvalue weighted by Crippen LogP contribution is -2.48. The lowest BCUT2D eigenvalue weighted by Gasteiger charge is -2.21. The van der Waals surface area contributed by atoms with Gasteiger partial charge >= 0.3 is 0 Å². The Bertz CT molecular complexity index is 715. The van der Waals surface area contributed by atoms with Crippen LogP contribution in [0.4, 0.5) is 0 Å². The van der Waals surface area contributed by atoms with Gasteiger partial charge in [0.25, 0.3) is 0 Å². The van der Waals surface area contributed by atoms with Crippen molar-refractivity contribution in [3.63, 3.8) is 0 Å². The molecule has 0 aliphatic carbocycles. The van der Waals surface area contributed by atoms with E-state index in [2.05, 4.69) is 20.2 Å². The molecule has 0 saturated heterocycles. The van der Waals surface area contributed by atoms with Gasteiger partial charge in [0.1, 0.15) is 6.04 Å². The number of nitrogens with one attached hydrogen (secondary N) is 2. The van der Waals surface area contributed by atoms with Crippen molar-refractivity contribution in [2.45, 2.75) is 46.7 Å². The Hall–Kier alpha value is -2.37. The predicted molar refractivity (Wildman–Crippen MR) is 94.4 cm³/mol. The number of carbonyl (C=O) groups excluding carboxylic acids is 2. The Morgan fingerprint density at radius 1 is 1.25 bits per heavy atom. The average molecular weight is 330 g/mol. The number of aryl methyl sites for hydroxylation is 1. The second-order valence-corrected chi connectivity index (χ2v) is 7.02. The second-order valence-electron chi connectivity index (χ2n) is 7.02. The Labute approximate surface area is 142 Å². The average Bonchev–Trinajstić information content (AvgIpc) is 2.93. The number of hydrogen-bond donors (Lipinski definition) is 2. The lowest BCUT2D eigenvalue weighted by molar-refractivity contribution is -0.133. The maximum Gasteiger partial charge on any atom is 0.242 e. The van der Waals surface area contributed by atoms with Crippen molar-refractivity contribution >= 4 is 22.8 Å². The van der Waals surface area contributed by atoms with E-state index in [-0.39, 0.29) is 11.8 Å². The third kappa shape index (κ3) is 4.57. The van der Waals surface area contributed by atoms with Crippen LogP contribution in [0.1, 0.15) is 34.1 Å². The molecule has 0 aliphatic heterocycles. The van der Waals surface area contributed by atoms with Gasteiger partial charge in [-0.3, -0.25) is 9.59 Å². The summed E-state index contributed by atoms with van der Waals surface area (Å²) >= 11 is 0. The number of hydrogen-bond acceptors (Lipinski definition) is 3. The fourth-order valence-corrected chi connectivity index (χ4v) is 2.28. The number of rotatable bonds is 6. The van der Waals surface area contributed by atoms with Gasteiger partial charge < -0.3 is 15.2 Å². The van der Waals surface area contributed by atoms with Gasteiger partial charge in [-0.1, -0.05) is 32.9 Å². The van der Waals surface area contributed by atoms with Crippen LogP contribution in [-0.2, 0) is 16.1 Å². The zero-order valence-corrected chi connectivity index (χ0v) is 14.8. The summed E-state index contributed by atoms with van der Waals surface area (Å²) in [6.07, 6.45) is 2.62. The smallest absolute Gasteiger partial charge is 0.242 e. The largest absolute Gasteiger partial charge is 0.354 e. The molecule has 2 amide bonds. The third-order valence-corrected chi connectivity index (χ3v) is 3.82. The molecule has 0 radical (unpaired) electrons. The highest BCUT2D eigenvalue weighted by molar-refractivity contribution is 5.89. The van der Waals surface area contributed by atoms with Crippen LogP contribution < -0.4 is 10.6 Å². The Kier molecular flexibility index (Phi) is 5.59. The molecule has 0 spiro atoms. The number of amides is 2. The van der Waals surface area contributed by atoms with Crippen LogP contribution in [0.2, 0.25) is 0 Å². The molecule has 130 valence electrons. The summed E-state index contributed by atoms with van der Waals surface area (Å²) in [5.74, 6) is -0.293. The van der Waals surface area contributed by atoms with Crippen molar-refractivity contribution in [1.29, 1.82) is 0 Å². The van der Waals surface area contributed by atoms with Crippen LogP contribution in [0.25, 0.3) is 11.0 Å². The molecule has 1 atom stereocenters. The van der Waals surface area contributed by atoms with Gasteiger partial charge in [-0.05, 0) is 25.5 Å². The fourth-order valence-electron chi connectivity index (χ4n) is 2.28. The summed E-state index contributed by atoms with van der Waals surface area (Å²) in [7, 11) is 0. The van der Waals surface area contributed by atoms with Crippen molar-refractivity contribution in [3.8, 4) is 0 Å². The minimum absolute atomic E-state index is 0.130. The zero-order chi connectivity index (χ0) is 17.7. The molecule has 1 unspecified atom stereocenters. The van der Waals surface area contributed by atoms with Gasteiger partial charge in [-0.15, -0.1) is 0 Å². The normalized spacial score (nSPS) is 12.8. The molecule has 6 nitrogen and oxygen atoms in total. The molecule has 0 fully saturated rings. The van der Waals surface area contributed by atoms with Crippen molar-refractivity contribution < 1.29 is 9.59 Å². The van der Waals surface area contributed by atoms with Gasteiger partial charge in [-0.25, -0.2) is 4.98 Å². The van der Waals surface area contributed by atoms with E-state index in [1.165, 1.54) is 0 Å². The van der Waals surface area contributed by atoms with E-state index in [0.29, 0.717) is 6.54 Å². The quantitative estimate of drug-likeness (QED) is 0.796. The number of aromatic nitrogens is 2. The van der Waals surface area contributed by atoms with E-state index in [9.17, 15) is 9.59 Å². The van der Waals surface area contributed by atoms with Crippen molar-refractivity contribution in [3.05, 3.63) is 30.6 Å². The van der Waals surface area contributed by atoms with E-state index in [1.54, 1.807) is 6.92 Å². The first kappa shape index (κ1) is 18.0. The summed E-state index contributed by atoms with van der Waals surface area (Å²) in [5.41, 5.74) is 1.56. The predicted octanol–water partition coefficient (Wildman–Crippen LogP) is 2.09. The molecule has 1 aromatic carbocycles. The highest BCUT2D eigenvalue weighted by atomic mass is 16.2. The Morgan fingerprint density at radius 2 is 1.96 bits per heavy atom. The number of fused-ring (bicyclic) bond motifs is 1. The molecule has 1 heterocycles. The third-order valence-electron chi connectivity index (χ3n) is 3.82. The number of benzene rings is 1. The molecule has 2 rings (SSSR count). The van der Waals surface area contributed by atoms with Gasteiger partial charge in [0.05, 0.1) is 17.4 Å². The fraction of sp³-hybridized carbons (Fsp3) is 0.500. The monoisotopic (exact) mass is 330 g/mol. The summed E-state index contributed by atoms with van der Waals surface area (Å²) in [6.45, 7) is 8.50.